The molecule has 0 saturated carbocycles. The lowest BCUT2D eigenvalue weighted by Crippen LogP contribution is -2.14. The van der Waals surface area contributed by atoms with Crippen LogP contribution in [0.25, 0.3) is 0 Å². The molecule has 6 heteroatoms. The van der Waals surface area contributed by atoms with E-state index in [1.54, 1.807) is 18.2 Å². The first-order valence-electron chi connectivity index (χ1n) is 5.92. The molecule has 0 aromatic heterocycles. The maximum atomic E-state index is 12.0. The van der Waals surface area contributed by atoms with Crippen LogP contribution >= 0.6 is 23.2 Å². The molecule has 0 unspecified atom stereocenters. The Balaban J connectivity index is 2.06. The van der Waals surface area contributed by atoms with Gasteiger partial charge in [0.05, 0.1) is 5.02 Å². The van der Waals surface area contributed by atoms with Crippen LogP contribution in [0.15, 0.2) is 42.5 Å². The van der Waals surface area contributed by atoms with E-state index in [0.717, 1.165) is 0 Å². The highest BCUT2D eigenvalue weighted by molar-refractivity contribution is 6.36. The molecule has 21 heavy (non-hydrogen) atoms. The van der Waals surface area contributed by atoms with E-state index in [9.17, 15) is 14.7 Å². The Bertz CT molecular complexity index is 698. The Morgan fingerprint density at radius 2 is 1.76 bits per heavy atom. The van der Waals surface area contributed by atoms with Crippen molar-refractivity contribution < 1.29 is 19.4 Å². The minimum Gasteiger partial charge on any atom is -0.507 e. The highest BCUT2D eigenvalue weighted by Crippen LogP contribution is 2.21. The number of rotatable bonds is 4. The number of benzene rings is 2. The van der Waals surface area contributed by atoms with E-state index in [4.69, 9.17) is 27.9 Å². The fraction of sp³-hybridized carbons (Fsp3) is 0.0667. The number of para-hydroxylation sites is 1. The van der Waals surface area contributed by atoms with Gasteiger partial charge in [-0.15, -0.1) is 0 Å². The van der Waals surface area contributed by atoms with Crippen molar-refractivity contribution in [1.29, 1.82) is 0 Å². The number of halogens is 2. The zero-order chi connectivity index (χ0) is 15.4. The molecule has 2 aromatic rings. The predicted octanol–water partition coefficient (Wildman–Crippen LogP) is 3.74. The first-order chi connectivity index (χ1) is 9.99. The summed E-state index contributed by atoms with van der Waals surface area (Å²) < 4.78 is 4.87. The lowest BCUT2D eigenvalue weighted by Gasteiger charge is -2.07. The third-order valence-electron chi connectivity index (χ3n) is 2.69. The number of carbonyl (C=O) groups excluding carboxylic acids is 2. The van der Waals surface area contributed by atoms with Crippen molar-refractivity contribution in [3.8, 4) is 5.75 Å². The largest absolute Gasteiger partial charge is 0.507 e. The molecule has 0 spiro atoms. The van der Waals surface area contributed by atoms with E-state index in [1.165, 1.54) is 24.3 Å². The Kier molecular flexibility index (Phi) is 4.83. The van der Waals surface area contributed by atoms with Crippen LogP contribution < -0.4 is 0 Å². The molecule has 0 fully saturated rings. The topological polar surface area (TPSA) is 63.6 Å². The summed E-state index contributed by atoms with van der Waals surface area (Å²) in [7, 11) is 0. The van der Waals surface area contributed by atoms with Crippen LogP contribution in [0, 0.1) is 0 Å². The molecule has 0 radical (unpaired) electrons. The monoisotopic (exact) mass is 324 g/mol. The summed E-state index contributed by atoms with van der Waals surface area (Å²) in [5.41, 5.74) is 0.164. The van der Waals surface area contributed by atoms with Crippen LogP contribution in [0.3, 0.4) is 0 Å². The average Bonchev–Trinajstić information content (AvgIpc) is 2.47. The average molecular weight is 325 g/mol. The van der Waals surface area contributed by atoms with Gasteiger partial charge >= 0.3 is 5.97 Å². The number of ketones is 1. The van der Waals surface area contributed by atoms with Crippen molar-refractivity contribution in [2.24, 2.45) is 0 Å². The molecule has 0 atom stereocenters. The number of hydrogen-bond acceptors (Lipinski definition) is 4. The summed E-state index contributed by atoms with van der Waals surface area (Å²) in [6.07, 6.45) is 0. The molecule has 2 rings (SSSR count). The summed E-state index contributed by atoms with van der Waals surface area (Å²) in [5.74, 6) is -1.48. The van der Waals surface area contributed by atoms with Crippen LogP contribution in [0.4, 0.5) is 0 Å². The molecule has 0 bridgehead atoms. The molecular weight excluding hydrogens is 315 g/mol. The maximum Gasteiger partial charge on any atom is 0.342 e. The van der Waals surface area contributed by atoms with Gasteiger partial charge in [0.2, 0.25) is 5.78 Å². The van der Waals surface area contributed by atoms with Crippen molar-refractivity contribution in [3.63, 3.8) is 0 Å². The SMILES string of the molecule is O=C(OCC(=O)c1cc(Cl)ccc1Cl)c1ccccc1O. The number of ether oxygens (including phenoxy) is 1. The van der Waals surface area contributed by atoms with E-state index in [-0.39, 0.29) is 21.9 Å². The quantitative estimate of drug-likeness (QED) is 0.687. The second kappa shape index (κ2) is 6.61. The summed E-state index contributed by atoms with van der Waals surface area (Å²) in [5, 5.41) is 10.1. The van der Waals surface area contributed by atoms with Gasteiger partial charge < -0.3 is 9.84 Å². The van der Waals surface area contributed by atoms with Crippen molar-refractivity contribution in [1.82, 2.24) is 0 Å². The lowest BCUT2D eigenvalue weighted by molar-refractivity contribution is 0.0472. The van der Waals surface area contributed by atoms with Crippen LogP contribution in [0.5, 0.6) is 5.75 Å². The molecule has 0 heterocycles. The predicted molar refractivity (Wildman–Crippen MR) is 79.2 cm³/mol. The zero-order valence-corrected chi connectivity index (χ0v) is 12.2. The van der Waals surface area contributed by atoms with E-state index >= 15 is 0 Å². The van der Waals surface area contributed by atoms with E-state index < -0.39 is 18.4 Å². The Labute approximate surface area is 130 Å². The van der Waals surface area contributed by atoms with Gasteiger partial charge in [0.1, 0.15) is 11.3 Å². The first kappa shape index (κ1) is 15.4. The minimum atomic E-state index is -0.792. The molecule has 0 amide bonds. The second-order valence-corrected chi connectivity index (χ2v) is 4.98. The fourth-order valence-electron chi connectivity index (χ4n) is 1.64. The van der Waals surface area contributed by atoms with Crippen LogP contribution in [0.1, 0.15) is 20.7 Å². The van der Waals surface area contributed by atoms with Crippen LogP contribution in [-0.2, 0) is 4.74 Å². The van der Waals surface area contributed by atoms with Gasteiger partial charge in [-0.25, -0.2) is 4.79 Å². The summed E-state index contributed by atoms with van der Waals surface area (Å²) in [6, 6.07) is 10.3. The Hall–Kier alpha value is -2.04. The third-order valence-corrected chi connectivity index (χ3v) is 3.25. The Morgan fingerprint density at radius 1 is 1.05 bits per heavy atom. The summed E-state index contributed by atoms with van der Waals surface area (Å²) in [4.78, 5) is 23.7. The number of esters is 1. The first-order valence-corrected chi connectivity index (χ1v) is 6.68. The van der Waals surface area contributed by atoms with Gasteiger partial charge in [-0.1, -0.05) is 35.3 Å². The number of phenolic OH excluding ortho intramolecular Hbond substituents is 1. The van der Waals surface area contributed by atoms with E-state index in [0.29, 0.717) is 5.02 Å². The highest BCUT2D eigenvalue weighted by Gasteiger charge is 2.16. The maximum absolute atomic E-state index is 12.0. The lowest BCUT2D eigenvalue weighted by atomic mass is 10.1. The Morgan fingerprint density at radius 3 is 2.48 bits per heavy atom. The minimum absolute atomic E-state index is 0.0116. The van der Waals surface area contributed by atoms with Crippen molar-refractivity contribution >= 4 is 35.0 Å². The molecule has 4 nitrogen and oxygen atoms in total. The van der Waals surface area contributed by atoms with Gasteiger partial charge in [0, 0.05) is 10.6 Å². The molecular formula is C15H10Cl2O4. The van der Waals surface area contributed by atoms with Crippen molar-refractivity contribution in [2.45, 2.75) is 0 Å². The van der Waals surface area contributed by atoms with E-state index in [1.807, 2.05) is 0 Å². The van der Waals surface area contributed by atoms with Gasteiger partial charge in [0.15, 0.2) is 6.61 Å². The molecule has 2 aromatic carbocycles. The third kappa shape index (κ3) is 3.74. The fourth-order valence-corrected chi connectivity index (χ4v) is 2.04. The molecule has 0 aliphatic heterocycles. The number of phenols is 1. The van der Waals surface area contributed by atoms with Gasteiger partial charge in [-0.05, 0) is 30.3 Å². The number of hydrogen-bond donors (Lipinski definition) is 1. The standard InChI is InChI=1S/C15H10Cl2O4/c16-9-5-6-12(17)11(7-9)14(19)8-21-15(20)10-3-1-2-4-13(10)18/h1-7,18H,8H2. The van der Waals surface area contributed by atoms with Crippen LogP contribution in [0.2, 0.25) is 10.0 Å². The van der Waals surface area contributed by atoms with Crippen molar-refractivity contribution in [3.05, 3.63) is 63.6 Å². The number of carbonyl (C=O) groups is 2. The number of aromatic hydroxyl groups is 1. The van der Waals surface area contributed by atoms with Gasteiger partial charge in [-0.3, -0.25) is 4.79 Å². The molecule has 108 valence electrons. The van der Waals surface area contributed by atoms with Gasteiger partial charge in [-0.2, -0.15) is 0 Å². The molecule has 1 N–H and O–H groups in total. The summed E-state index contributed by atoms with van der Waals surface area (Å²) in [6.45, 7) is -0.493. The van der Waals surface area contributed by atoms with Crippen LogP contribution in [-0.4, -0.2) is 23.5 Å². The molecule has 0 saturated heterocycles. The molecule has 0 aliphatic rings. The van der Waals surface area contributed by atoms with E-state index in [2.05, 4.69) is 0 Å². The summed E-state index contributed by atoms with van der Waals surface area (Å²) >= 11 is 11.7. The van der Waals surface area contributed by atoms with Gasteiger partial charge in [0.25, 0.3) is 0 Å². The highest BCUT2D eigenvalue weighted by atomic mass is 35.5. The number of Topliss-reactive ketones (excluding diaryl/α,β-unsaturated/α-hetero) is 1. The normalized spacial score (nSPS) is 10.2. The van der Waals surface area contributed by atoms with Crippen molar-refractivity contribution in [2.75, 3.05) is 6.61 Å². The smallest absolute Gasteiger partial charge is 0.342 e. The second-order valence-electron chi connectivity index (χ2n) is 4.14. The molecule has 0 aliphatic carbocycles. The zero-order valence-electron chi connectivity index (χ0n) is 10.7.